The summed E-state index contributed by atoms with van der Waals surface area (Å²) < 4.78 is 5.66. The zero-order chi connectivity index (χ0) is 12.8. The third kappa shape index (κ3) is 4.07. The third-order valence-electron chi connectivity index (χ3n) is 2.43. The van der Waals surface area contributed by atoms with E-state index in [1.807, 2.05) is 38.1 Å². The molecule has 0 aliphatic heterocycles. The van der Waals surface area contributed by atoms with Crippen molar-refractivity contribution in [2.24, 2.45) is 5.73 Å². The van der Waals surface area contributed by atoms with Crippen molar-refractivity contribution in [1.29, 1.82) is 0 Å². The highest BCUT2D eigenvalue weighted by atomic mass is 16.5. The van der Waals surface area contributed by atoms with E-state index in [-0.39, 0.29) is 18.4 Å². The number of benzene rings is 1. The Morgan fingerprint density at radius 1 is 1.41 bits per heavy atom. The van der Waals surface area contributed by atoms with E-state index in [0.29, 0.717) is 6.54 Å². The summed E-state index contributed by atoms with van der Waals surface area (Å²) in [6.07, 6.45) is 0.0778. The fraction of sp³-hybridized carbons (Fsp3) is 0.462. The van der Waals surface area contributed by atoms with Gasteiger partial charge >= 0.3 is 5.97 Å². The van der Waals surface area contributed by atoms with E-state index in [9.17, 15) is 4.79 Å². The molecule has 4 heteroatoms. The van der Waals surface area contributed by atoms with Crippen LogP contribution in [0.2, 0.25) is 0 Å². The number of nitrogens with two attached hydrogens (primary N) is 1. The maximum atomic E-state index is 10.8. The van der Waals surface area contributed by atoms with Gasteiger partial charge < -0.3 is 15.6 Å². The molecule has 17 heavy (non-hydrogen) atoms. The van der Waals surface area contributed by atoms with E-state index in [4.69, 9.17) is 15.6 Å². The second-order valence-corrected chi connectivity index (χ2v) is 4.23. The molecule has 1 unspecified atom stereocenters. The Kier molecular flexibility index (Phi) is 4.97. The first kappa shape index (κ1) is 13.5. The minimum Gasteiger partial charge on any atom is -0.491 e. The van der Waals surface area contributed by atoms with Crippen LogP contribution in [0.5, 0.6) is 5.75 Å². The van der Waals surface area contributed by atoms with Gasteiger partial charge in [0.05, 0.1) is 12.5 Å². The molecule has 0 aliphatic rings. The maximum absolute atomic E-state index is 10.8. The molecule has 0 spiro atoms. The van der Waals surface area contributed by atoms with Crippen molar-refractivity contribution in [3.05, 3.63) is 29.8 Å². The van der Waals surface area contributed by atoms with Gasteiger partial charge in [-0.05, 0) is 32.0 Å². The van der Waals surface area contributed by atoms with Gasteiger partial charge in [-0.3, -0.25) is 4.79 Å². The van der Waals surface area contributed by atoms with Crippen molar-refractivity contribution in [2.45, 2.75) is 32.3 Å². The largest absolute Gasteiger partial charge is 0.491 e. The van der Waals surface area contributed by atoms with Gasteiger partial charge in [-0.25, -0.2) is 0 Å². The molecule has 0 saturated heterocycles. The van der Waals surface area contributed by atoms with E-state index in [1.165, 1.54) is 0 Å². The highest BCUT2D eigenvalue weighted by Crippen LogP contribution is 2.29. The van der Waals surface area contributed by atoms with E-state index in [1.54, 1.807) is 0 Å². The van der Waals surface area contributed by atoms with Crippen molar-refractivity contribution < 1.29 is 14.6 Å². The van der Waals surface area contributed by atoms with E-state index in [0.717, 1.165) is 11.3 Å². The van der Waals surface area contributed by atoms with Crippen LogP contribution >= 0.6 is 0 Å². The van der Waals surface area contributed by atoms with E-state index >= 15 is 0 Å². The summed E-state index contributed by atoms with van der Waals surface area (Å²) in [4.78, 5) is 10.8. The zero-order valence-electron chi connectivity index (χ0n) is 10.2. The van der Waals surface area contributed by atoms with Gasteiger partial charge in [0.15, 0.2) is 0 Å². The van der Waals surface area contributed by atoms with Gasteiger partial charge in [0.1, 0.15) is 5.75 Å². The van der Waals surface area contributed by atoms with Crippen molar-refractivity contribution in [1.82, 2.24) is 0 Å². The Hall–Kier alpha value is -1.55. The van der Waals surface area contributed by atoms with Crippen LogP contribution in [-0.2, 0) is 4.79 Å². The molecular weight excluding hydrogens is 218 g/mol. The van der Waals surface area contributed by atoms with Crippen LogP contribution in [0.1, 0.15) is 31.7 Å². The fourth-order valence-electron chi connectivity index (χ4n) is 1.71. The fourth-order valence-corrected chi connectivity index (χ4v) is 1.71. The Morgan fingerprint density at radius 2 is 2.06 bits per heavy atom. The summed E-state index contributed by atoms with van der Waals surface area (Å²) in [6.45, 7) is 4.17. The molecule has 0 fully saturated rings. The highest BCUT2D eigenvalue weighted by Gasteiger charge is 2.18. The predicted molar refractivity (Wildman–Crippen MR) is 66.3 cm³/mol. The Morgan fingerprint density at radius 3 is 2.59 bits per heavy atom. The van der Waals surface area contributed by atoms with Gasteiger partial charge in [-0.2, -0.15) is 0 Å². The Balaban J connectivity index is 2.96. The predicted octanol–water partition coefficient (Wildman–Crippen LogP) is 1.99. The second kappa shape index (κ2) is 6.25. The van der Waals surface area contributed by atoms with Crippen LogP contribution in [-0.4, -0.2) is 23.7 Å². The monoisotopic (exact) mass is 237 g/mol. The van der Waals surface area contributed by atoms with E-state index < -0.39 is 5.97 Å². The molecule has 0 aliphatic carbocycles. The van der Waals surface area contributed by atoms with Crippen molar-refractivity contribution in [2.75, 3.05) is 6.54 Å². The molecule has 0 bridgehead atoms. The molecule has 0 radical (unpaired) electrons. The second-order valence-electron chi connectivity index (χ2n) is 4.23. The number of aliphatic carboxylic acids is 1. The number of para-hydroxylation sites is 1. The normalized spacial score (nSPS) is 12.5. The first-order valence-electron chi connectivity index (χ1n) is 5.72. The average Bonchev–Trinajstić information content (AvgIpc) is 2.26. The zero-order valence-corrected chi connectivity index (χ0v) is 10.2. The first-order chi connectivity index (χ1) is 8.04. The molecule has 0 aromatic heterocycles. The summed E-state index contributed by atoms with van der Waals surface area (Å²) in [6, 6.07) is 7.46. The van der Waals surface area contributed by atoms with Crippen LogP contribution in [0, 0.1) is 0 Å². The number of ether oxygens (including phenoxy) is 1. The highest BCUT2D eigenvalue weighted by molar-refractivity contribution is 5.68. The molecule has 0 amide bonds. The lowest BCUT2D eigenvalue weighted by atomic mass is 9.95. The van der Waals surface area contributed by atoms with Gasteiger partial charge in [-0.15, -0.1) is 0 Å². The topological polar surface area (TPSA) is 72.5 Å². The number of carbonyl (C=O) groups is 1. The lowest BCUT2D eigenvalue weighted by Gasteiger charge is -2.19. The number of carboxylic acids is 1. The van der Waals surface area contributed by atoms with Gasteiger partial charge in [0, 0.05) is 5.92 Å². The maximum Gasteiger partial charge on any atom is 0.304 e. The quantitative estimate of drug-likeness (QED) is 0.793. The minimum absolute atomic E-state index is 0.0228. The standard InChI is InChI=1S/C13H19NO3/c1-9(2)17-12-6-4-3-5-11(12)10(8-14)7-13(15)16/h3-6,9-10H,7-8,14H2,1-2H3,(H,15,16). The molecule has 1 aromatic carbocycles. The van der Waals surface area contributed by atoms with Gasteiger partial charge in [0.25, 0.3) is 0 Å². The van der Waals surface area contributed by atoms with Crippen molar-refractivity contribution in [3.8, 4) is 5.75 Å². The summed E-state index contributed by atoms with van der Waals surface area (Å²) >= 11 is 0. The third-order valence-corrected chi connectivity index (χ3v) is 2.43. The Labute approximate surface area is 101 Å². The van der Waals surface area contributed by atoms with Crippen LogP contribution in [0.4, 0.5) is 0 Å². The summed E-state index contributed by atoms with van der Waals surface area (Å²) in [5, 5.41) is 8.85. The minimum atomic E-state index is -0.847. The lowest BCUT2D eigenvalue weighted by molar-refractivity contribution is -0.137. The van der Waals surface area contributed by atoms with Gasteiger partial charge in [0.2, 0.25) is 0 Å². The summed E-state index contributed by atoms with van der Waals surface area (Å²) in [7, 11) is 0. The summed E-state index contributed by atoms with van der Waals surface area (Å²) in [5.41, 5.74) is 6.50. The van der Waals surface area contributed by atoms with Crippen LogP contribution in [0.15, 0.2) is 24.3 Å². The lowest BCUT2D eigenvalue weighted by Crippen LogP contribution is -2.18. The van der Waals surface area contributed by atoms with Crippen LogP contribution in [0.25, 0.3) is 0 Å². The number of hydrogen-bond donors (Lipinski definition) is 2. The molecule has 94 valence electrons. The molecule has 4 nitrogen and oxygen atoms in total. The summed E-state index contributed by atoms with van der Waals surface area (Å²) in [5.74, 6) is -0.332. The average molecular weight is 237 g/mol. The smallest absolute Gasteiger partial charge is 0.304 e. The molecular formula is C13H19NO3. The molecule has 0 heterocycles. The number of carboxylic acid groups (broad SMARTS) is 1. The SMILES string of the molecule is CC(C)Oc1ccccc1C(CN)CC(=O)O. The van der Waals surface area contributed by atoms with Crippen molar-refractivity contribution in [3.63, 3.8) is 0 Å². The van der Waals surface area contributed by atoms with Crippen LogP contribution < -0.4 is 10.5 Å². The van der Waals surface area contributed by atoms with Gasteiger partial charge in [-0.1, -0.05) is 18.2 Å². The first-order valence-corrected chi connectivity index (χ1v) is 5.72. The molecule has 3 N–H and O–H groups in total. The number of hydrogen-bond acceptors (Lipinski definition) is 3. The molecule has 0 saturated carbocycles. The van der Waals surface area contributed by atoms with E-state index in [2.05, 4.69) is 0 Å². The molecule has 1 aromatic rings. The molecule has 1 rings (SSSR count). The van der Waals surface area contributed by atoms with Crippen molar-refractivity contribution >= 4 is 5.97 Å². The number of rotatable bonds is 6. The van der Waals surface area contributed by atoms with Crippen LogP contribution in [0.3, 0.4) is 0 Å². The Bertz CT molecular complexity index is 377. The molecule has 1 atom stereocenters.